The van der Waals surface area contributed by atoms with Gasteiger partial charge in [-0.3, -0.25) is 9.69 Å². The van der Waals surface area contributed by atoms with Crippen LogP contribution in [0.1, 0.15) is 23.2 Å². The molecule has 1 amide bonds. The Balaban J connectivity index is 1.47. The number of halogens is 1. The van der Waals surface area contributed by atoms with Gasteiger partial charge in [-0.05, 0) is 31.0 Å². The molecule has 0 saturated carbocycles. The Hall–Kier alpha value is -0.910. The summed E-state index contributed by atoms with van der Waals surface area (Å²) in [5.41, 5.74) is 0.712. The molecule has 0 bridgehead atoms. The van der Waals surface area contributed by atoms with Crippen LogP contribution >= 0.6 is 15.9 Å². The largest absolute Gasteiger partial charge is 0.381 e. The van der Waals surface area contributed by atoms with Crippen molar-refractivity contribution in [3.8, 4) is 0 Å². The molecular formula is C15H19BrN2O2. The first-order valence-electron chi connectivity index (χ1n) is 7.10. The van der Waals surface area contributed by atoms with E-state index in [2.05, 4.69) is 26.1 Å². The molecule has 2 aliphatic rings. The second kappa shape index (κ2) is 6.24. The zero-order valence-corrected chi connectivity index (χ0v) is 12.9. The molecule has 1 aromatic rings. The van der Waals surface area contributed by atoms with E-state index in [1.54, 1.807) is 0 Å². The van der Waals surface area contributed by atoms with Crippen molar-refractivity contribution in [1.82, 2.24) is 10.2 Å². The molecule has 4 nitrogen and oxygen atoms in total. The highest BCUT2D eigenvalue weighted by Gasteiger charge is 2.33. The molecule has 5 heteroatoms. The van der Waals surface area contributed by atoms with Crippen molar-refractivity contribution in [2.45, 2.75) is 24.9 Å². The highest BCUT2D eigenvalue weighted by Crippen LogP contribution is 2.21. The fraction of sp³-hybridized carbons (Fsp3) is 0.533. The van der Waals surface area contributed by atoms with Crippen LogP contribution in [0.25, 0.3) is 0 Å². The molecule has 0 atom stereocenters. The molecule has 1 N–H and O–H groups in total. The van der Waals surface area contributed by atoms with Crippen LogP contribution in [-0.2, 0) is 4.74 Å². The molecule has 0 spiro atoms. The fourth-order valence-electron chi connectivity index (χ4n) is 2.85. The maximum Gasteiger partial charge on any atom is 0.251 e. The van der Waals surface area contributed by atoms with E-state index >= 15 is 0 Å². The van der Waals surface area contributed by atoms with Gasteiger partial charge in [-0.1, -0.05) is 22.0 Å². The number of ether oxygens (including phenoxy) is 1. The van der Waals surface area contributed by atoms with E-state index in [1.165, 1.54) is 0 Å². The number of nitrogens with zero attached hydrogens (tertiary/aromatic N) is 1. The third-order valence-electron chi connectivity index (χ3n) is 4.04. The summed E-state index contributed by atoms with van der Waals surface area (Å²) in [5.74, 6) is 0.0166. The normalized spacial score (nSPS) is 21.4. The lowest BCUT2D eigenvalue weighted by Crippen LogP contribution is -2.62. The first kappa shape index (κ1) is 14.0. The van der Waals surface area contributed by atoms with Crippen LogP contribution in [0.3, 0.4) is 0 Å². The minimum Gasteiger partial charge on any atom is -0.381 e. The summed E-state index contributed by atoms with van der Waals surface area (Å²) in [6.45, 7) is 3.67. The average molecular weight is 339 g/mol. The first-order valence-corrected chi connectivity index (χ1v) is 7.90. The minimum absolute atomic E-state index is 0.0166. The molecule has 0 aliphatic carbocycles. The third-order valence-corrected chi connectivity index (χ3v) is 4.53. The Morgan fingerprint density at radius 3 is 2.75 bits per heavy atom. The number of carbonyl (C=O) groups excluding carboxylic acids is 1. The maximum absolute atomic E-state index is 12.1. The molecule has 108 valence electrons. The Bertz CT molecular complexity index is 483. The number of amides is 1. The monoisotopic (exact) mass is 338 g/mol. The van der Waals surface area contributed by atoms with Gasteiger partial charge in [0.25, 0.3) is 5.91 Å². The van der Waals surface area contributed by atoms with E-state index in [0.717, 1.165) is 43.6 Å². The standard InChI is InChI=1S/C15H19BrN2O2/c16-12-3-1-2-11(8-12)15(19)17-13-9-18(10-13)14-4-6-20-7-5-14/h1-3,8,13-14H,4-7,9-10H2,(H,17,19). The highest BCUT2D eigenvalue weighted by atomic mass is 79.9. The van der Waals surface area contributed by atoms with Gasteiger partial charge >= 0.3 is 0 Å². The van der Waals surface area contributed by atoms with E-state index in [4.69, 9.17) is 4.74 Å². The van der Waals surface area contributed by atoms with Gasteiger partial charge in [-0.2, -0.15) is 0 Å². The highest BCUT2D eigenvalue weighted by molar-refractivity contribution is 9.10. The number of carbonyl (C=O) groups is 1. The van der Waals surface area contributed by atoms with E-state index < -0.39 is 0 Å². The maximum atomic E-state index is 12.1. The lowest BCUT2D eigenvalue weighted by molar-refractivity contribution is -0.00291. The molecule has 3 rings (SSSR count). The Morgan fingerprint density at radius 2 is 2.05 bits per heavy atom. The van der Waals surface area contributed by atoms with Crippen molar-refractivity contribution in [2.75, 3.05) is 26.3 Å². The Labute approximate surface area is 127 Å². The summed E-state index contributed by atoms with van der Waals surface area (Å²) in [4.78, 5) is 14.6. The van der Waals surface area contributed by atoms with Gasteiger partial charge in [-0.15, -0.1) is 0 Å². The van der Waals surface area contributed by atoms with Crippen LogP contribution in [0.5, 0.6) is 0 Å². The Kier molecular flexibility index (Phi) is 4.38. The van der Waals surface area contributed by atoms with Crippen molar-refractivity contribution >= 4 is 21.8 Å². The quantitative estimate of drug-likeness (QED) is 0.916. The smallest absolute Gasteiger partial charge is 0.251 e. The summed E-state index contributed by atoms with van der Waals surface area (Å²) < 4.78 is 6.31. The van der Waals surface area contributed by atoms with Gasteiger partial charge in [0, 0.05) is 42.4 Å². The van der Waals surface area contributed by atoms with Gasteiger partial charge in [-0.25, -0.2) is 0 Å². The van der Waals surface area contributed by atoms with Gasteiger partial charge in [0.2, 0.25) is 0 Å². The predicted octanol–water partition coefficient (Wildman–Crippen LogP) is 2.04. The summed E-state index contributed by atoms with van der Waals surface area (Å²) in [5, 5.41) is 3.10. The van der Waals surface area contributed by atoms with Crippen molar-refractivity contribution in [2.24, 2.45) is 0 Å². The van der Waals surface area contributed by atoms with Crippen molar-refractivity contribution in [1.29, 1.82) is 0 Å². The van der Waals surface area contributed by atoms with Crippen LogP contribution in [0.4, 0.5) is 0 Å². The second-order valence-electron chi connectivity index (χ2n) is 5.48. The van der Waals surface area contributed by atoms with Gasteiger partial charge in [0.05, 0.1) is 6.04 Å². The van der Waals surface area contributed by atoms with Crippen LogP contribution in [0.15, 0.2) is 28.7 Å². The van der Waals surface area contributed by atoms with Gasteiger partial charge in [0.15, 0.2) is 0 Å². The number of likely N-dealkylation sites (tertiary alicyclic amines) is 1. The van der Waals surface area contributed by atoms with Gasteiger partial charge in [0.1, 0.15) is 0 Å². The molecule has 2 saturated heterocycles. The van der Waals surface area contributed by atoms with Crippen molar-refractivity contribution < 1.29 is 9.53 Å². The third kappa shape index (κ3) is 3.22. The molecule has 0 unspecified atom stereocenters. The minimum atomic E-state index is 0.0166. The lowest BCUT2D eigenvalue weighted by atomic mass is 9.99. The number of hydrogen-bond donors (Lipinski definition) is 1. The second-order valence-corrected chi connectivity index (χ2v) is 6.39. The van der Waals surface area contributed by atoms with Crippen LogP contribution in [-0.4, -0.2) is 49.2 Å². The van der Waals surface area contributed by atoms with E-state index in [0.29, 0.717) is 11.6 Å². The summed E-state index contributed by atoms with van der Waals surface area (Å²) in [7, 11) is 0. The first-order chi connectivity index (χ1) is 9.72. The van der Waals surface area contributed by atoms with E-state index in [-0.39, 0.29) is 11.9 Å². The van der Waals surface area contributed by atoms with Crippen molar-refractivity contribution in [3.05, 3.63) is 34.3 Å². The summed E-state index contributed by atoms with van der Waals surface area (Å²) in [6.07, 6.45) is 2.23. The Morgan fingerprint density at radius 1 is 1.30 bits per heavy atom. The summed E-state index contributed by atoms with van der Waals surface area (Å²) in [6, 6.07) is 8.42. The molecule has 2 fully saturated rings. The number of nitrogens with one attached hydrogen (secondary N) is 1. The molecule has 1 aromatic carbocycles. The molecule has 2 aliphatic heterocycles. The molecular weight excluding hydrogens is 320 g/mol. The van der Waals surface area contributed by atoms with Crippen LogP contribution < -0.4 is 5.32 Å². The molecule has 2 heterocycles. The summed E-state index contributed by atoms with van der Waals surface area (Å²) >= 11 is 3.39. The van der Waals surface area contributed by atoms with Crippen LogP contribution in [0.2, 0.25) is 0 Å². The fourth-order valence-corrected chi connectivity index (χ4v) is 3.25. The zero-order chi connectivity index (χ0) is 13.9. The number of rotatable bonds is 3. The molecule has 0 radical (unpaired) electrons. The van der Waals surface area contributed by atoms with Gasteiger partial charge < -0.3 is 10.1 Å². The predicted molar refractivity (Wildman–Crippen MR) is 80.8 cm³/mol. The zero-order valence-electron chi connectivity index (χ0n) is 11.3. The SMILES string of the molecule is O=C(NC1CN(C2CCOCC2)C1)c1cccc(Br)c1. The van der Waals surface area contributed by atoms with E-state index in [1.807, 2.05) is 24.3 Å². The topological polar surface area (TPSA) is 41.6 Å². The van der Waals surface area contributed by atoms with Crippen LogP contribution in [0, 0.1) is 0 Å². The van der Waals surface area contributed by atoms with E-state index in [9.17, 15) is 4.79 Å². The molecule has 0 aromatic heterocycles. The average Bonchev–Trinajstić information content (AvgIpc) is 2.43. The van der Waals surface area contributed by atoms with Crippen molar-refractivity contribution in [3.63, 3.8) is 0 Å². The lowest BCUT2D eigenvalue weighted by Gasteiger charge is -2.45. The number of benzene rings is 1. The molecule has 20 heavy (non-hydrogen) atoms. The number of hydrogen-bond acceptors (Lipinski definition) is 3.